The fourth-order valence-electron chi connectivity index (χ4n) is 2.33. The van der Waals surface area contributed by atoms with Crippen LogP contribution in [0.4, 0.5) is 10.2 Å². The summed E-state index contributed by atoms with van der Waals surface area (Å²) in [6, 6.07) is 3.68. The molecule has 1 aromatic rings. The van der Waals surface area contributed by atoms with Gasteiger partial charge in [-0.05, 0) is 25.0 Å². The van der Waals surface area contributed by atoms with Crippen LogP contribution in [0.3, 0.4) is 0 Å². The Kier molecular flexibility index (Phi) is 4.14. The molecule has 0 saturated carbocycles. The van der Waals surface area contributed by atoms with Crippen molar-refractivity contribution in [2.45, 2.75) is 31.5 Å². The van der Waals surface area contributed by atoms with Crippen molar-refractivity contribution in [2.75, 3.05) is 25.5 Å². The van der Waals surface area contributed by atoms with Gasteiger partial charge in [0.1, 0.15) is 11.5 Å². The van der Waals surface area contributed by atoms with Crippen LogP contribution in [0.1, 0.15) is 18.9 Å². The van der Waals surface area contributed by atoms with Gasteiger partial charge >= 0.3 is 0 Å². The number of nitrogens with two attached hydrogens (primary N) is 1. The van der Waals surface area contributed by atoms with E-state index in [0.29, 0.717) is 25.5 Å². The zero-order valence-corrected chi connectivity index (χ0v) is 10.7. The van der Waals surface area contributed by atoms with Gasteiger partial charge in [0, 0.05) is 25.2 Å². The lowest BCUT2D eigenvalue weighted by molar-refractivity contribution is 0.0483. The third kappa shape index (κ3) is 3.65. The molecule has 0 aromatic carbocycles. The first kappa shape index (κ1) is 13.2. The number of hydrogen-bond donors (Lipinski definition) is 2. The van der Waals surface area contributed by atoms with E-state index in [2.05, 4.69) is 10.3 Å². The molecule has 18 heavy (non-hydrogen) atoms. The third-order valence-corrected chi connectivity index (χ3v) is 3.16. The van der Waals surface area contributed by atoms with Gasteiger partial charge in [-0.25, -0.2) is 9.37 Å². The highest BCUT2D eigenvalue weighted by molar-refractivity contribution is 5.39. The monoisotopic (exact) mass is 253 g/mol. The summed E-state index contributed by atoms with van der Waals surface area (Å²) in [5.74, 6) is 0.411. The number of pyridine rings is 1. The average molecular weight is 253 g/mol. The minimum Gasteiger partial charge on any atom is -0.383 e. The molecule has 0 amide bonds. The van der Waals surface area contributed by atoms with Gasteiger partial charge in [0.05, 0.1) is 13.2 Å². The highest BCUT2D eigenvalue weighted by atomic mass is 19.1. The van der Waals surface area contributed by atoms with E-state index >= 15 is 0 Å². The quantitative estimate of drug-likeness (QED) is 0.849. The Bertz CT molecular complexity index is 392. The van der Waals surface area contributed by atoms with Gasteiger partial charge in [0.25, 0.3) is 0 Å². The molecule has 0 radical (unpaired) electrons. The standard InChI is InChI=1S/C13H20FN3O/c1-13(14,8-11-9-18-6-5-16-11)7-10-3-2-4-17-12(10)15/h2-4,11,16H,5-9H2,1H3,(H2,15,17). The predicted molar refractivity (Wildman–Crippen MR) is 69.1 cm³/mol. The van der Waals surface area contributed by atoms with Crippen LogP contribution in [-0.2, 0) is 11.2 Å². The smallest absolute Gasteiger partial charge is 0.126 e. The second-order valence-electron chi connectivity index (χ2n) is 5.07. The van der Waals surface area contributed by atoms with Crippen molar-refractivity contribution in [3.63, 3.8) is 0 Å². The first-order valence-electron chi connectivity index (χ1n) is 6.26. The molecule has 1 aliphatic rings. The normalized spacial score (nSPS) is 23.6. The molecular weight excluding hydrogens is 233 g/mol. The Hall–Kier alpha value is -1.20. The zero-order chi connectivity index (χ0) is 13.0. The van der Waals surface area contributed by atoms with Crippen molar-refractivity contribution in [3.05, 3.63) is 23.9 Å². The number of nitrogen functional groups attached to an aromatic ring is 1. The second kappa shape index (κ2) is 5.63. The molecule has 3 N–H and O–H groups in total. The van der Waals surface area contributed by atoms with Gasteiger partial charge in [0.2, 0.25) is 0 Å². The maximum absolute atomic E-state index is 14.6. The SMILES string of the molecule is CC(F)(Cc1cccnc1N)CC1COCCN1. The molecule has 0 bridgehead atoms. The van der Waals surface area contributed by atoms with Gasteiger partial charge in [0.15, 0.2) is 0 Å². The van der Waals surface area contributed by atoms with E-state index < -0.39 is 5.67 Å². The van der Waals surface area contributed by atoms with Crippen molar-refractivity contribution in [3.8, 4) is 0 Å². The molecule has 1 aliphatic heterocycles. The highest BCUT2D eigenvalue weighted by Gasteiger charge is 2.29. The van der Waals surface area contributed by atoms with E-state index in [1.54, 1.807) is 19.2 Å². The molecule has 0 spiro atoms. The maximum Gasteiger partial charge on any atom is 0.126 e. The van der Waals surface area contributed by atoms with E-state index in [1.165, 1.54) is 0 Å². The van der Waals surface area contributed by atoms with Crippen LogP contribution in [-0.4, -0.2) is 36.5 Å². The lowest BCUT2D eigenvalue weighted by Gasteiger charge is -2.30. The number of morpholine rings is 1. The number of ether oxygens (including phenoxy) is 1. The van der Waals surface area contributed by atoms with Crippen LogP contribution in [0.2, 0.25) is 0 Å². The maximum atomic E-state index is 14.6. The summed E-state index contributed by atoms with van der Waals surface area (Å²) in [7, 11) is 0. The number of halogens is 1. The first-order valence-corrected chi connectivity index (χ1v) is 6.26. The zero-order valence-electron chi connectivity index (χ0n) is 10.7. The summed E-state index contributed by atoms with van der Waals surface area (Å²) < 4.78 is 19.9. The van der Waals surface area contributed by atoms with Crippen LogP contribution in [0.25, 0.3) is 0 Å². The minimum atomic E-state index is -1.31. The molecule has 1 saturated heterocycles. The Labute approximate surface area is 107 Å². The summed E-state index contributed by atoms with van der Waals surface area (Å²) in [6.07, 6.45) is 2.32. The van der Waals surface area contributed by atoms with Gasteiger partial charge in [-0.2, -0.15) is 0 Å². The predicted octanol–water partition coefficient (Wildman–Crippen LogP) is 1.31. The number of alkyl halides is 1. The van der Waals surface area contributed by atoms with Crippen LogP contribution in [0.5, 0.6) is 0 Å². The van der Waals surface area contributed by atoms with Gasteiger partial charge in [-0.1, -0.05) is 6.07 Å². The number of nitrogens with one attached hydrogen (secondary N) is 1. The Balaban J connectivity index is 1.96. The summed E-state index contributed by atoms with van der Waals surface area (Å²) >= 11 is 0. The van der Waals surface area contributed by atoms with E-state index in [-0.39, 0.29) is 12.5 Å². The Morgan fingerprint density at radius 1 is 1.67 bits per heavy atom. The molecule has 1 fully saturated rings. The second-order valence-corrected chi connectivity index (χ2v) is 5.07. The molecule has 2 unspecified atom stereocenters. The highest BCUT2D eigenvalue weighted by Crippen LogP contribution is 2.25. The van der Waals surface area contributed by atoms with E-state index in [9.17, 15) is 4.39 Å². The van der Waals surface area contributed by atoms with Crippen LogP contribution < -0.4 is 11.1 Å². The largest absolute Gasteiger partial charge is 0.383 e. The average Bonchev–Trinajstić information content (AvgIpc) is 2.32. The van der Waals surface area contributed by atoms with Crippen molar-refractivity contribution in [1.29, 1.82) is 0 Å². The molecule has 2 rings (SSSR count). The topological polar surface area (TPSA) is 60.2 Å². The first-order chi connectivity index (χ1) is 8.57. The molecular formula is C13H20FN3O. The van der Waals surface area contributed by atoms with Gasteiger partial charge < -0.3 is 15.8 Å². The minimum absolute atomic E-state index is 0.0756. The van der Waals surface area contributed by atoms with Gasteiger partial charge in [-0.15, -0.1) is 0 Å². The molecule has 0 aliphatic carbocycles. The molecule has 5 heteroatoms. The number of nitrogens with zero attached hydrogens (tertiary/aromatic N) is 1. The summed E-state index contributed by atoms with van der Waals surface area (Å²) in [4.78, 5) is 3.98. The fraction of sp³-hybridized carbons (Fsp3) is 0.615. The summed E-state index contributed by atoms with van der Waals surface area (Å²) in [5, 5.41) is 3.26. The van der Waals surface area contributed by atoms with E-state index in [4.69, 9.17) is 10.5 Å². The number of hydrogen-bond acceptors (Lipinski definition) is 4. The van der Waals surface area contributed by atoms with E-state index in [0.717, 1.165) is 12.1 Å². The van der Waals surface area contributed by atoms with Crippen molar-refractivity contribution in [1.82, 2.24) is 10.3 Å². The molecule has 1 aromatic heterocycles. The molecule has 2 heterocycles. The van der Waals surface area contributed by atoms with Crippen LogP contribution >= 0.6 is 0 Å². The lowest BCUT2D eigenvalue weighted by atomic mass is 9.91. The van der Waals surface area contributed by atoms with Crippen LogP contribution in [0, 0.1) is 0 Å². The number of aromatic nitrogens is 1. The van der Waals surface area contributed by atoms with Crippen molar-refractivity contribution >= 4 is 5.82 Å². The number of rotatable bonds is 4. The molecule has 2 atom stereocenters. The fourth-order valence-corrected chi connectivity index (χ4v) is 2.33. The lowest BCUT2D eigenvalue weighted by Crippen LogP contribution is -2.45. The third-order valence-electron chi connectivity index (χ3n) is 3.16. The number of anilines is 1. The van der Waals surface area contributed by atoms with Crippen LogP contribution in [0.15, 0.2) is 18.3 Å². The van der Waals surface area contributed by atoms with Crippen molar-refractivity contribution < 1.29 is 9.13 Å². The summed E-state index contributed by atoms with van der Waals surface area (Å²) in [5.41, 5.74) is 5.20. The molecule has 4 nitrogen and oxygen atoms in total. The summed E-state index contributed by atoms with van der Waals surface area (Å²) in [6.45, 7) is 3.67. The van der Waals surface area contributed by atoms with Gasteiger partial charge in [-0.3, -0.25) is 0 Å². The Morgan fingerprint density at radius 3 is 3.17 bits per heavy atom. The van der Waals surface area contributed by atoms with E-state index in [1.807, 2.05) is 6.07 Å². The molecule has 100 valence electrons. The Morgan fingerprint density at radius 2 is 2.50 bits per heavy atom. The van der Waals surface area contributed by atoms with Crippen molar-refractivity contribution in [2.24, 2.45) is 0 Å².